The van der Waals surface area contributed by atoms with Crippen molar-refractivity contribution in [1.29, 1.82) is 0 Å². The molecule has 126 valence electrons. The summed E-state index contributed by atoms with van der Waals surface area (Å²) in [4.78, 5) is 36.1. The third-order valence-corrected chi connectivity index (χ3v) is 7.53. The third kappa shape index (κ3) is 2.30. The molecule has 2 aliphatic heterocycles. The Morgan fingerprint density at radius 1 is 1.39 bits per heavy atom. The average Bonchev–Trinajstić information content (AvgIpc) is 2.89. The van der Waals surface area contributed by atoms with Gasteiger partial charge in [0, 0.05) is 0 Å². The fourth-order valence-corrected chi connectivity index (χ4v) is 5.71. The molecule has 4 atom stereocenters. The van der Waals surface area contributed by atoms with Crippen molar-refractivity contribution in [3.8, 4) is 0 Å². The molecule has 1 aromatic heterocycles. The van der Waals surface area contributed by atoms with E-state index in [4.69, 9.17) is 9.15 Å². The highest BCUT2D eigenvalue weighted by Crippen LogP contribution is 2.46. The molecule has 1 unspecified atom stereocenters. The molecule has 0 aromatic carbocycles. The molecule has 3 heterocycles. The number of rotatable bonds is 3. The van der Waals surface area contributed by atoms with Crippen LogP contribution in [0.5, 0.6) is 0 Å². The van der Waals surface area contributed by atoms with Crippen LogP contribution in [-0.4, -0.2) is 42.0 Å². The molecule has 23 heavy (non-hydrogen) atoms. The van der Waals surface area contributed by atoms with E-state index in [1.54, 1.807) is 13.8 Å². The standard InChI is InChI=1S/C13H14BrNO7S/c1-5-6(22-12(18)21-5)4-20-11(17)8-13(2,3)23(19)10-7(14)9(16)15(8)10/h7-8,10H,4H2,1-3H3/t7-,8-,10+,23?/m0/s1. The number of esters is 1. The minimum atomic E-state index is -1.41. The van der Waals surface area contributed by atoms with Gasteiger partial charge >= 0.3 is 11.8 Å². The molecule has 0 aliphatic carbocycles. The van der Waals surface area contributed by atoms with Gasteiger partial charge in [0.1, 0.15) is 16.2 Å². The number of nitrogens with zero attached hydrogens (tertiary/aromatic N) is 1. The second-order valence-corrected chi connectivity index (χ2v) is 9.00. The number of amides is 1. The molecule has 2 aliphatic rings. The second-order valence-electron chi connectivity index (χ2n) is 5.88. The van der Waals surface area contributed by atoms with E-state index in [-0.39, 0.29) is 24.0 Å². The van der Waals surface area contributed by atoms with Gasteiger partial charge in [-0.2, -0.15) is 0 Å². The van der Waals surface area contributed by atoms with Crippen molar-refractivity contribution in [3.63, 3.8) is 0 Å². The highest BCUT2D eigenvalue weighted by Gasteiger charge is 2.67. The molecule has 3 rings (SSSR count). The summed E-state index contributed by atoms with van der Waals surface area (Å²) in [5.74, 6) is -1.54. The van der Waals surface area contributed by atoms with Crippen LogP contribution in [0.3, 0.4) is 0 Å². The lowest BCUT2D eigenvalue weighted by atomic mass is 9.98. The monoisotopic (exact) mass is 407 g/mol. The van der Waals surface area contributed by atoms with E-state index in [1.807, 2.05) is 0 Å². The summed E-state index contributed by atoms with van der Waals surface area (Å²) in [5, 5.41) is -0.538. The number of hydrogen-bond donors (Lipinski definition) is 0. The largest absolute Gasteiger partial charge is 0.519 e. The molecule has 8 nitrogen and oxygen atoms in total. The Labute approximate surface area is 141 Å². The van der Waals surface area contributed by atoms with Crippen LogP contribution in [0.4, 0.5) is 0 Å². The lowest BCUT2D eigenvalue weighted by Crippen LogP contribution is -2.64. The van der Waals surface area contributed by atoms with Gasteiger partial charge in [-0.3, -0.25) is 9.00 Å². The summed E-state index contributed by atoms with van der Waals surface area (Å²) in [5.41, 5.74) is 0. The molecule has 0 saturated carbocycles. The van der Waals surface area contributed by atoms with Gasteiger partial charge in [0.05, 0.1) is 15.5 Å². The van der Waals surface area contributed by atoms with Gasteiger partial charge in [-0.05, 0) is 20.8 Å². The Morgan fingerprint density at radius 3 is 2.61 bits per heavy atom. The molecule has 1 amide bonds. The zero-order chi connectivity index (χ0) is 17.1. The fourth-order valence-electron chi connectivity index (χ4n) is 2.81. The van der Waals surface area contributed by atoms with Crippen molar-refractivity contribution in [3.05, 3.63) is 22.1 Å². The predicted molar refractivity (Wildman–Crippen MR) is 81.1 cm³/mol. The van der Waals surface area contributed by atoms with Crippen molar-refractivity contribution in [2.75, 3.05) is 0 Å². The fraction of sp³-hybridized carbons (Fsp3) is 0.615. The molecule has 0 bridgehead atoms. The first-order valence-electron chi connectivity index (χ1n) is 6.79. The molecule has 2 saturated heterocycles. The Kier molecular flexibility index (Phi) is 3.79. The van der Waals surface area contributed by atoms with Gasteiger partial charge in [0.15, 0.2) is 18.1 Å². The second kappa shape index (κ2) is 5.30. The predicted octanol–water partition coefficient (Wildman–Crippen LogP) is 0.426. The molecular weight excluding hydrogens is 394 g/mol. The lowest BCUT2D eigenvalue weighted by Gasteiger charge is -2.40. The maximum absolute atomic E-state index is 12.5. The SMILES string of the molecule is Cc1oc(=O)oc1COC(=O)[C@@H]1N2C(=O)[C@H](Br)[C@H]2S(=O)C1(C)C. The summed E-state index contributed by atoms with van der Waals surface area (Å²) < 4.78 is 26.1. The Bertz CT molecular complexity index is 767. The zero-order valence-corrected chi connectivity index (χ0v) is 14.9. The number of carbonyl (C=O) groups is 2. The van der Waals surface area contributed by atoms with E-state index in [1.165, 1.54) is 11.8 Å². The van der Waals surface area contributed by atoms with Crippen molar-refractivity contribution in [2.24, 2.45) is 0 Å². The maximum atomic E-state index is 12.5. The molecule has 0 N–H and O–H groups in total. The first-order valence-corrected chi connectivity index (χ1v) is 8.92. The van der Waals surface area contributed by atoms with Crippen LogP contribution in [-0.2, 0) is 31.7 Å². The summed E-state index contributed by atoms with van der Waals surface area (Å²) in [6.45, 7) is 4.53. The average molecular weight is 408 g/mol. The minimum Gasteiger partial charge on any atom is -0.456 e. The quantitative estimate of drug-likeness (QED) is 0.406. The Morgan fingerprint density at radius 2 is 2.04 bits per heavy atom. The van der Waals surface area contributed by atoms with Crippen molar-refractivity contribution in [2.45, 2.75) is 48.4 Å². The lowest BCUT2D eigenvalue weighted by molar-refractivity contribution is -0.161. The molecule has 2 fully saturated rings. The summed E-state index contributed by atoms with van der Waals surface area (Å²) in [7, 11) is -1.41. The summed E-state index contributed by atoms with van der Waals surface area (Å²) in [6.07, 6.45) is 0. The van der Waals surface area contributed by atoms with Crippen LogP contribution >= 0.6 is 15.9 Å². The Balaban J connectivity index is 1.79. The number of fused-ring (bicyclic) bond motifs is 1. The van der Waals surface area contributed by atoms with E-state index in [0.717, 1.165) is 0 Å². The summed E-state index contributed by atoms with van der Waals surface area (Å²) >= 11 is 3.19. The van der Waals surface area contributed by atoms with E-state index < -0.39 is 43.6 Å². The van der Waals surface area contributed by atoms with Crippen LogP contribution in [0.15, 0.2) is 13.6 Å². The van der Waals surface area contributed by atoms with Gasteiger partial charge in [0.2, 0.25) is 5.91 Å². The van der Waals surface area contributed by atoms with Gasteiger partial charge in [-0.1, -0.05) is 15.9 Å². The third-order valence-electron chi connectivity index (χ3n) is 4.09. The highest BCUT2D eigenvalue weighted by atomic mass is 79.9. The Hall–Kier alpha value is -1.42. The topological polar surface area (TPSA) is 107 Å². The number of ether oxygens (including phenoxy) is 1. The number of halogens is 1. The van der Waals surface area contributed by atoms with Gasteiger partial charge in [-0.15, -0.1) is 0 Å². The molecule has 0 radical (unpaired) electrons. The minimum absolute atomic E-state index is 0.102. The number of carbonyl (C=O) groups excluding carboxylic acids is 2. The van der Waals surface area contributed by atoms with Gasteiger partial charge < -0.3 is 18.5 Å². The number of hydrogen-bond acceptors (Lipinski definition) is 7. The smallest absolute Gasteiger partial charge is 0.456 e. The molecule has 0 spiro atoms. The van der Waals surface area contributed by atoms with Crippen LogP contribution < -0.4 is 5.82 Å². The maximum Gasteiger partial charge on any atom is 0.519 e. The highest BCUT2D eigenvalue weighted by molar-refractivity contribution is 9.10. The first kappa shape index (κ1) is 16.4. The number of alkyl halides is 1. The van der Waals surface area contributed by atoms with Crippen LogP contribution in [0, 0.1) is 6.92 Å². The van der Waals surface area contributed by atoms with Crippen LogP contribution in [0.2, 0.25) is 0 Å². The van der Waals surface area contributed by atoms with Crippen LogP contribution in [0.1, 0.15) is 25.4 Å². The van der Waals surface area contributed by atoms with Gasteiger partial charge in [0.25, 0.3) is 0 Å². The van der Waals surface area contributed by atoms with Crippen molar-refractivity contribution in [1.82, 2.24) is 4.90 Å². The van der Waals surface area contributed by atoms with Gasteiger partial charge in [-0.25, -0.2) is 9.59 Å². The van der Waals surface area contributed by atoms with Crippen LogP contribution in [0.25, 0.3) is 0 Å². The number of aryl methyl sites for hydroxylation is 1. The first-order chi connectivity index (χ1) is 10.7. The van der Waals surface area contributed by atoms with Crippen molar-refractivity contribution < 1.29 is 27.4 Å². The van der Waals surface area contributed by atoms with E-state index in [2.05, 4.69) is 20.3 Å². The summed E-state index contributed by atoms with van der Waals surface area (Å²) in [6, 6.07) is -0.950. The van der Waals surface area contributed by atoms with E-state index >= 15 is 0 Å². The number of β-lactam (4-membered cyclic amide) rings is 1. The molecule has 10 heteroatoms. The molecular formula is C13H14BrNO7S. The van der Waals surface area contributed by atoms with E-state index in [9.17, 15) is 18.6 Å². The van der Waals surface area contributed by atoms with E-state index in [0.29, 0.717) is 0 Å². The molecule has 1 aromatic rings. The normalized spacial score (nSPS) is 31.7. The zero-order valence-electron chi connectivity index (χ0n) is 12.5. The van der Waals surface area contributed by atoms with Crippen molar-refractivity contribution >= 4 is 38.6 Å².